The highest BCUT2D eigenvalue weighted by atomic mass is 16.5. The number of hydrogen-bond acceptors (Lipinski definition) is 3. The van der Waals surface area contributed by atoms with Gasteiger partial charge < -0.3 is 15.4 Å². The summed E-state index contributed by atoms with van der Waals surface area (Å²) in [6.45, 7) is 1.87. The van der Waals surface area contributed by atoms with E-state index in [9.17, 15) is 4.79 Å². The predicted octanol–water partition coefficient (Wildman–Crippen LogP) is 2.33. The molecule has 0 aromatic heterocycles. The second-order valence-corrected chi connectivity index (χ2v) is 4.88. The number of carbonyl (C=O) groups excluding carboxylic acids is 1. The van der Waals surface area contributed by atoms with Crippen LogP contribution >= 0.6 is 0 Å². The highest BCUT2D eigenvalue weighted by Crippen LogP contribution is 2.24. The lowest BCUT2D eigenvalue weighted by Crippen LogP contribution is -2.28. The van der Waals surface area contributed by atoms with Gasteiger partial charge in [-0.05, 0) is 31.5 Å². The molecule has 0 aliphatic rings. The zero-order chi connectivity index (χ0) is 14.9. The highest BCUT2D eigenvalue weighted by Gasteiger charge is 2.02. The minimum absolute atomic E-state index is 0.0757. The van der Waals surface area contributed by atoms with E-state index >= 15 is 0 Å². The van der Waals surface area contributed by atoms with Crippen LogP contribution in [0.1, 0.15) is 12.8 Å². The lowest BCUT2D eigenvalue weighted by molar-refractivity contribution is -0.121. The van der Waals surface area contributed by atoms with E-state index in [1.165, 1.54) is 0 Å². The monoisotopic (exact) mass is 286 g/mol. The molecule has 0 atom stereocenters. The summed E-state index contributed by atoms with van der Waals surface area (Å²) in [5, 5.41) is 8.15. The summed E-state index contributed by atoms with van der Waals surface area (Å²) in [6, 6.07) is 14.1. The van der Waals surface area contributed by atoms with Crippen molar-refractivity contribution < 1.29 is 9.53 Å². The number of rotatable bonds is 8. The molecule has 21 heavy (non-hydrogen) atoms. The van der Waals surface area contributed by atoms with Crippen molar-refractivity contribution in [3.8, 4) is 5.75 Å². The van der Waals surface area contributed by atoms with Crippen molar-refractivity contribution in [1.82, 2.24) is 10.6 Å². The maximum atomic E-state index is 11.5. The Hall–Kier alpha value is -2.07. The lowest BCUT2D eigenvalue weighted by Gasteiger charge is -2.10. The Morgan fingerprint density at radius 3 is 2.76 bits per heavy atom. The Morgan fingerprint density at radius 1 is 1.10 bits per heavy atom. The minimum Gasteiger partial charge on any atom is -0.491 e. The molecule has 2 aromatic carbocycles. The normalized spacial score (nSPS) is 10.5. The predicted molar refractivity (Wildman–Crippen MR) is 85.6 cm³/mol. The fourth-order valence-corrected chi connectivity index (χ4v) is 2.19. The van der Waals surface area contributed by atoms with E-state index in [1.807, 2.05) is 37.4 Å². The van der Waals surface area contributed by atoms with Gasteiger partial charge in [0, 0.05) is 11.8 Å². The van der Waals surface area contributed by atoms with Gasteiger partial charge in [-0.25, -0.2) is 0 Å². The van der Waals surface area contributed by atoms with Crippen LogP contribution in [-0.4, -0.2) is 32.7 Å². The fourth-order valence-electron chi connectivity index (χ4n) is 2.19. The molecule has 0 saturated carbocycles. The molecule has 0 fully saturated rings. The van der Waals surface area contributed by atoms with Crippen LogP contribution in [-0.2, 0) is 4.79 Å². The molecular weight excluding hydrogens is 264 g/mol. The summed E-state index contributed by atoms with van der Waals surface area (Å²) in [5.41, 5.74) is 0. The largest absolute Gasteiger partial charge is 0.491 e. The van der Waals surface area contributed by atoms with Gasteiger partial charge in [-0.3, -0.25) is 4.79 Å². The Balaban J connectivity index is 1.76. The van der Waals surface area contributed by atoms with E-state index in [-0.39, 0.29) is 5.91 Å². The van der Waals surface area contributed by atoms with Crippen LogP contribution in [0.25, 0.3) is 10.8 Å². The smallest absolute Gasteiger partial charge is 0.220 e. The lowest BCUT2D eigenvalue weighted by atomic mass is 10.1. The molecule has 0 bridgehead atoms. The van der Waals surface area contributed by atoms with E-state index in [0.29, 0.717) is 19.6 Å². The first-order chi connectivity index (χ1) is 10.3. The van der Waals surface area contributed by atoms with E-state index in [1.54, 1.807) is 0 Å². The molecule has 112 valence electrons. The standard InChI is InChI=1S/C17H22N2O2/c1-18-11-5-10-17(20)19-12-13-21-16-9-4-7-14-6-2-3-8-15(14)16/h2-4,6-9,18H,5,10-13H2,1H3,(H,19,20). The highest BCUT2D eigenvalue weighted by molar-refractivity contribution is 5.88. The SMILES string of the molecule is CNCCCC(=O)NCCOc1cccc2ccccc12. The van der Waals surface area contributed by atoms with Crippen LogP contribution in [0.4, 0.5) is 0 Å². The number of carbonyl (C=O) groups is 1. The van der Waals surface area contributed by atoms with Crippen molar-refractivity contribution in [1.29, 1.82) is 0 Å². The van der Waals surface area contributed by atoms with Crippen molar-refractivity contribution in [3.63, 3.8) is 0 Å². The fraction of sp³-hybridized carbons (Fsp3) is 0.353. The van der Waals surface area contributed by atoms with Crippen molar-refractivity contribution in [2.45, 2.75) is 12.8 Å². The summed E-state index contributed by atoms with van der Waals surface area (Å²) >= 11 is 0. The molecule has 4 nitrogen and oxygen atoms in total. The second-order valence-electron chi connectivity index (χ2n) is 4.88. The Bertz CT molecular complexity index is 579. The molecule has 0 aliphatic heterocycles. The van der Waals surface area contributed by atoms with Gasteiger partial charge in [-0.2, -0.15) is 0 Å². The van der Waals surface area contributed by atoms with Crippen LogP contribution in [0.3, 0.4) is 0 Å². The first kappa shape index (κ1) is 15.3. The Labute approximate surface area is 125 Å². The van der Waals surface area contributed by atoms with Crippen LogP contribution in [0.15, 0.2) is 42.5 Å². The molecule has 0 saturated heterocycles. The summed E-state index contributed by atoms with van der Waals surface area (Å²) in [6.07, 6.45) is 1.40. The van der Waals surface area contributed by atoms with E-state index in [2.05, 4.69) is 22.8 Å². The molecule has 2 aromatic rings. The maximum absolute atomic E-state index is 11.5. The quantitative estimate of drug-likeness (QED) is 0.732. The summed E-state index contributed by atoms with van der Waals surface area (Å²) < 4.78 is 5.77. The molecule has 0 spiro atoms. The molecule has 0 unspecified atom stereocenters. The molecule has 2 rings (SSSR count). The maximum Gasteiger partial charge on any atom is 0.220 e. The Kier molecular flexibility index (Phi) is 6.03. The number of ether oxygens (including phenoxy) is 1. The molecule has 1 amide bonds. The van der Waals surface area contributed by atoms with Gasteiger partial charge >= 0.3 is 0 Å². The average Bonchev–Trinajstić information content (AvgIpc) is 2.52. The van der Waals surface area contributed by atoms with Crippen molar-refractivity contribution in [2.75, 3.05) is 26.7 Å². The summed E-state index contributed by atoms with van der Waals surface area (Å²) in [7, 11) is 1.88. The third-order valence-electron chi connectivity index (χ3n) is 3.26. The average molecular weight is 286 g/mol. The van der Waals surface area contributed by atoms with Crippen molar-refractivity contribution in [3.05, 3.63) is 42.5 Å². The van der Waals surface area contributed by atoms with Gasteiger partial charge in [0.2, 0.25) is 5.91 Å². The topological polar surface area (TPSA) is 50.4 Å². The van der Waals surface area contributed by atoms with E-state index < -0.39 is 0 Å². The van der Waals surface area contributed by atoms with Crippen molar-refractivity contribution >= 4 is 16.7 Å². The van der Waals surface area contributed by atoms with Crippen LogP contribution in [0.2, 0.25) is 0 Å². The van der Waals surface area contributed by atoms with Gasteiger partial charge in [-0.15, -0.1) is 0 Å². The summed E-state index contributed by atoms with van der Waals surface area (Å²) in [5.74, 6) is 0.935. The number of amides is 1. The van der Waals surface area contributed by atoms with Crippen molar-refractivity contribution in [2.24, 2.45) is 0 Å². The molecule has 0 aliphatic carbocycles. The number of benzene rings is 2. The first-order valence-corrected chi connectivity index (χ1v) is 7.33. The van der Waals surface area contributed by atoms with Gasteiger partial charge in [0.05, 0.1) is 6.54 Å². The zero-order valence-corrected chi connectivity index (χ0v) is 12.4. The van der Waals surface area contributed by atoms with E-state index in [4.69, 9.17) is 4.74 Å². The van der Waals surface area contributed by atoms with Crippen LogP contribution in [0, 0.1) is 0 Å². The summed E-state index contributed by atoms with van der Waals surface area (Å²) in [4.78, 5) is 11.5. The van der Waals surface area contributed by atoms with Crippen LogP contribution in [0.5, 0.6) is 5.75 Å². The van der Waals surface area contributed by atoms with Gasteiger partial charge in [0.1, 0.15) is 12.4 Å². The first-order valence-electron chi connectivity index (χ1n) is 7.33. The zero-order valence-electron chi connectivity index (χ0n) is 12.4. The molecule has 2 N–H and O–H groups in total. The molecule has 0 heterocycles. The molecule has 4 heteroatoms. The molecular formula is C17H22N2O2. The number of hydrogen-bond donors (Lipinski definition) is 2. The third-order valence-corrected chi connectivity index (χ3v) is 3.26. The Morgan fingerprint density at radius 2 is 1.90 bits per heavy atom. The van der Waals surface area contributed by atoms with Gasteiger partial charge in [0.25, 0.3) is 0 Å². The van der Waals surface area contributed by atoms with Crippen LogP contribution < -0.4 is 15.4 Å². The minimum atomic E-state index is 0.0757. The van der Waals surface area contributed by atoms with Gasteiger partial charge in [-0.1, -0.05) is 36.4 Å². The number of nitrogens with one attached hydrogen (secondary N) is 2. The van der Waals surface area contributed by atoms with E-state index in [0.717, 1.165) is 29.5 Å². The number of fused-ring (bicyclic) bond motifs is 1. The second kappa shape index (κ2) is 8.27. The van der Waals surface area contributed by atoms with Gasteiger partial charge in [0.15, 0.2) is 0 Å². The third kappa shape index (κ3) is 4.76. The molecule has 0 radical (unpaired) electrons.